The van der Waals surface area contributed by atoms with Gasteiger partial charge in [0, 0.05) is 32.9 Å². The molecule has 1 N–H and O–H groups in total. The predicted octanol–water partition coefficient (Wildman–Crippen LogP) is 1.21. The van der Waals surface area contributed by atoms with Crippen molar-refractivity contribution < 1.29 is 19.4 Å². The maximum absolute atomic E-state index is 12.8. The summed E-state index contributed by atoms with van der Waals surface area (Å²) >= 11 is 0. The first-order chi connectivity index (χ1) is 10.5. The summed E-state index contributed by atoms with van der Waals surface area (Å²) in [5, 5.41) is 13.0. The van der Waals surface area contributed by atoms with Gasteiger partial charge in [0.15, 0.2) is 0 Å². The molecule has 2 rings (SSSR count). The average molecular weight is 309 g/mol. The lowest BCUT2D eigenvalue weighted by molar-refractivity contribution is -0.146. The Kier molecular flexibility index (Phi) is 5.54. The van der Waals surface area contributed by atoms with Crippen LogP contribution in [0.15, 0.2) is 12.3 Å². The van der Waals surface area contributed by atoms with E-state index in [9.17, 15) is 9.59 Å². The molecule has 2 heterocycles. The molecule has 7 heteroatoms. The van der Waals surface area contributed by atoms with Crippen molar-refractivity contribution in [2.24, 2.45) is 13.0 Å². The van der Waals surface area contributed by atoms with Crippen LogP contribution in [0.3, 0.4) is 0 Å². The quantitative estimate of drug-likeness (QED) is 0.854. The van der Waals surface area contributed by atoms with E-state index in [2.05, 4.69) is 5.10 Å². The summed E-state index contributed by atoms with van der Waals surface area (Å²) < 4.78 is 7.56. The third-order valence-corrected chi connectivity index (χ3v) is 4.08. The summed E-state index contributed by atoms with van der Waals surface area (Å²) in [6.45, 7) is 3.23. The van der Waals surface area contributed by atoms with E-state index < -0.39 is 5.97 Å². The molecule has 0 aliphatic carbocycles. The molecule has 1 aliphatic rings. The van der Waals surface area contributed by atoms with E-state index in [-0.39, 0.29) is 30.9 Å². The van der Waals surface area contributed by atoms with Crippen molar-refractivity contribution in [1.29, 1.82) is 0 Å². The Morgan fingerprint density at radius 1 is 1.55 bits per heavy atom. The molecule has 0 radical (unpaired) electrons. The fraction of sp³-hybridized carbons (Fsp3) is 0.667. The highest BCUT2D eigenvalue weighted by molar-refractivity contribution is 5.80. The number of carboxylic acids is 1. The first-order valence-electron chi connectivity index (χ1n) is 7.64. The summed E-state index contributed by atoms with van der Waals surface area (Å²) in [7, 11) is 1.83. The zero-order chi connectivity index (χ0) is 16.1. The lowest BCUT2D eigenvalue weighted by Crippen LogP contribution is -2.42. The van der Waals surface area contributed by atoms with Crippen LogP contribution in [0, 0.1) is 5.92 Å². The van der Waals surface area contributed by atoms with Gasteiger partial charge in [-0.05, 0) is 25.8 Å². The molecular formula is C15H23N3O4. The first-order valence-corrected chi connectivity index (χ1v) is 7.64. The molecule has 0 bridgehead atoms. The van der Waals surface area contributed by atoms with E-state index in [1.54, 1.807) is 15.8 Å². The Hall–Kier alpha value is -1.89. The van der Waals surface area contributed by atoms with Crippen LogP contribution in [0.1, 0.15) is 38.0 Å². The third kappa shape index (κ3) is 3.65. The summed E-state index contributed by atoms with van der Waals surface area (Å²) in [6, 6.07) is 1.86. The Balaban J connectivity index is 2.13. The fourth-order valence-electron chi connectivity index (χ4n) is 2.88. The predicted molar refractivity (Wildman–Crippen MR) is 79.1 cm³/mol. The van der Waals surface area contributed by atoms with Gasteiger partial charge in [0.25, 0.3) is 0 Å². The van der Waals surface area contributed by atoms with E-state index in [0.717, 1.165) is 18.5 Å². The van der Waals surface area contributed by atoms with Gasteiger partial charge >= 0.3 is 5.97 Å². The normalized spacial score (nSPS) is 21.5. The van der Waals surface area contributed by atoms with Crippen LogP contribution in [0.25, 0.3) is 0 Å². The molecule has 2 atom stereocenters. The van der Waals surface area contributed by atoms with E-state index in [1.807, 2.05) is 20.0 Å². The van der Waals surface area contributed by atoms with Gasteiger partial charge in [0.2, 0.25) is 5.91 Å². The molecule has 22 heavy (non-hydrogen) atoms. The van der Waals surface area contributed by atoms with Gasteiger partial charge in [-0.25, -0.2) is 0 Å². The van der Waals surface area contributed by atoms with Gasteiger partial charge < -0.3 is 14.7 Å². The summed E-state index contributed by atoms with van der Waals surface area (Å²) in [6.07, 6.45) is 2.92. The number of nitrogens with zero attached hydrogens (tertiary/aromatic N) is 3. The highest BCUT2D eigenvalue weighted by atomic mass is 16.5. The summed E-state index contributed by atoms with van der Waals surface area (Å²) in [5.74, 6) is -1.21. The number of aryl methyl sites for hydroxylation is 1. The zero-order valence-electron chi connectivity index (χ0n) is 13.1. The number of rotatable bonds is 6. The van der Waals surface area contributed by atoms with Gasteiger partial charge in [-0.2, -0.15) is 5.10 Å². The average Bonchev–Trinajstić information content (AvgIpc) is 2.93. The lowest BCUT2D eigenvalue weighted by Gasteiger charge is -2.34. The SMILES string of the molecule is CCN(CCC(=O)O)C(=O)[C@@H]1CCCO[C@H]1c1ccnn1C. The van der Waals surface area contributed by atoms with E-state index in [0.29, 0.717) is 13.2 Å². The second kappa shape index (κ2) is 7.40. The van der Waals surface area contributed by atoms with Crippen molar-refractivity contribution in [3.63, 3.8) is 0 Å². The molecule has 1 saturated heterocycles. The molecule has 7 nitrogen and oxygen atoms in total. The number of amides is 1. The van der Waals surface area contributed by atoms with E-state index in [4.69, 9.17) is 9.84 Å². The number of carboxylic acid groups (broad SMARTS) is 1. The van der Waals surface area contributed by atoms with Gasteiger partial charge in [-0.15, -0.1) is 0 Å². The fourth-order valence-corrected chi connectivity index (χ4v) is 2.88. The first kappa shape index (κ1) is 16.5. The number of hydrogen-bond donors (Lipinski definition) is 1. The van der Waals surface area contributed by atoms with Gasteiger partial charge in [0.05, 0.1) is 18.0 Å². The van der Waals surface area contributed by atoms with Crippen molar-refractivity contribution in [2.75, 3.05) is 19.7 Å². The second-order valence-electron chi connectivity index (χ2n) is 5.48. The van der Waals surface area contributed by atoms with Crippen LogP contribution in [-0.2, 0) is 21.4 Å². The number of carbonyl (C=O) groups is 2. The molecule has 1 aromatic heterocycles. The van der Waals surface area contributed by atoms with Crippen LogP contribution in [0.2, 0.25) is 0 Å². The third-order valence-electron chi connectivity index (χ3n) is 4.08. The maximum Gasteiger partial charge on any atom is 0.305 e. The largest absolute Gasteiger partial charge is 0.481 e. The Labute approximate surface area is 129 Å². The number of hydrogen-bond acceptors (Lipinski definition) is 4. The maximum atomic E-state index is 12.8. The Bertz CT molecular complexity index is 529. The standard InChI is InChI=1S/C15H23N3O4/c1-3-18(9-7-13(19)20)15(21)11-5-4-10-22-14(11)12-6-8-16-17(12)2/h6,8,11,14H,3-5,7,9-10H2,1-2H3,(H,19,20)/t11-,14-/m1/s1. The van der Waals surface area contributed by atoms with E-state index >= 15 is 0 Å². The Morgan fingerprint density at radius 2 is 2.32 bits per heavy atom. The number of ether oxygens (including phenoxy) is 1. The highest BCUT2D eigenvalue weighted by Crippen LogP contribution is 2.34. The molecule has 1 aliphatic heterocycles. The van der Waals surface area contributed by atoms with Crippen LogP contribution >= 0.6 is 0 Å². The molecule has 0 unspecified atom stereocenters. The molecule has 1 fully saturated rings. The Morgan fingerprint density at radius 3 is 2.91 bits per heavy atom. The van der Waals surface area contributed by atoms with Gasteiger partial charge in [-0.1, -0.05) is 0 Å². The van der Waals surface area contributed by atoms with Crippen LogP contribution < -0.4 is 0 Å². The number of aromatic nitrogens is 2. The van der Waals surface area contributed by atoms with Crippen molar-refractivity contribution in [2.45, 2.75) is 32.3 Å². The van der Waals surface area contributed by atoms with Crippen LogP contribution in [-0.4, -0.2) is 51.4 Å². The smallest absolute Gasteiger partial charge is 0.305 e. The van der Waals surface area contributed by atoms with Crippen LogP contribution in [0.5, 0.6) is 0 Å². The van der Waals surface area contributed by atoms with Crippen molar-refractivity contribution >= 4 is 11.9 Å². The van der Waals surface area contributed by atoms with Crippen molar-refractivity contribution in [3.05, 3.63) is 18.0 Å². The molecule has 122 valence electrons. The zero-order valence-corrected chi connectivity index (χ0v) is 13.1. The van der Waals surface area contributed by atoms with E-state index in [1.165, 1.54) is 0 Å². The monoisotopic (exact) mass is 309 g/mol. The molecule has 1 amide bonds. The molecule has 0 aromatic carbocycles. The summed E-state index contributed by atoms with van der Waals surface area (Å²) in [4.78, 5) is 25.1. The highest BCUT2D eigenvalue weighted by Gasteiger charge is 2.36. The molecule has 1 aromatic rings. The number of carbonyl (C=O) groups excluding carboxylic acids is 1. The van der Waals surface area contributed by atoms with Gasteiger partial charge in [-0.3, -0.25) is 14.3 Å². The van der Waals surface area contributed by atoms with Crippen molar-refractivity contribution in [1.82, 2.24) is 14.7 Å². The van der Waals surface area contributed by atoms with Crippen LogP contribution in [0.4, 0.5) is 0 Å². The minimum atomic E-state index is -0.894. The molecule has 0 saturated carbocycles. The second-order valence-corrected chi connectivity index (χ2v) is 5.48. The van der Waals surface area contributed by atoms with Crippen molar-refractivity contribution in [3.8, 4) is 0 Å². The lowest BCUT2D eigenvalue weighted by atomic mass is 9.90. The minimum Gasteiger partial charge on any atom is -0.481 e. The minimum absolute atomic E-state index is 0.0327. The topological polar surface area (TPSA) is 84.7 Å². The molecular weight excluding hydrogens is 286 g/mol. The number of aliphatic carboxylic acids is 1. The molecule has 0 spiro atoms. The summed E-state index contributed by atoms with van der Waals surface area (Å²) in [5.41, 5.74) is 0.882. The van der Waals surface area contributed by atoms with Gasteiger partial charge in [0.1, 0.15) is 6.10 Å².